The molecule has 0 aliphatic heterocycles. The highest BCUT2D eigenvalue weighted by Gasteiger charge is 2.31. The summed E-state index contributed by atoms with van der Waals surface area (Å²) in [6.07, 6.45) is -1.86. The molecule has 200 valence electrons. The summed E-state index contributed by atoms with van der Waals surface area (Å²) in [4.78, 5) is 4.70. The van der Waals surface area contributed by atoms with Crippen LogP contribution in [0.25, 0.3) is 39.4 Å². The first-order valence-corrected chi connectivity index (χ1v) is 13.6. The Morgan fingerprint density at radius 3 is 2.23 bits per heavy atom. The van der Waals surface area contributed by atoms with Gasteiger partial charge >= 0.3 is 6.36 Å². The Labute approximate surface area is 222 Å². The first-order valence-electron chi connectivity index (χ1n) is 11.7. The van der Waals surface area contributed by atoms with Gasteiger partial charge in [-0.1, -0.05) is 18.2 Å². The second-order valence-electron chi connectivity index (χ2n) is 8.92. The van der Waals surface area contributed by atoms with E-state index in [4.69, 9.17) is 4.42 Å². The monoisotopic (exact) mass is 553 g/mol. The van der Waals surface area contributed by atoms with Crippen LogP contribution in [0.1, 0.15) is 11.6 Å². The highest BCUT2D eigenvalue weighted by molar-refractivity contribution is 7.90. The predicted molar refractivity (Wildman–Crippen MR) is 139 cm³/mol. The molecule has 0 bridgehead atoms. The third-order valence-electron chi connectivity index (χ3n) is 5.90. The van der Waals surface area contributed by atoms with E-state index in [1.807, 2.05) is 31.2 Å². The van der Waals surface area contributed by atoms with Gasteiger partial charge in [-0.2, -0.15) is 5.10 Å². The summed E-state index contributed by atoms with van der Waals surface area (Å²) in [5, 5.41) is 4.52. The predicted octanol–water partition coefficient (Wildman–Crippen LogP) is 6.78. The SMILES string of the molecule is Cc1ccn(-c2ccc(-c3cccc(S(C)(=O)=O)c3)cc2-c2oc(C)nc2-c2ccc(OC(F)(F)F)cc2)n1. The van der Waals surface area contributed by atoms with Crippen molar-refractivity contribution >= 4 is 9.84 Å². The number of oxazole rings is 1. The molecule has 0 aliphatic rings. The lowest BCUT2D eigenvalue weighted by molar-refractivity contribution is -0.274. The summed E-state index contributed by atoms with van der Waals surface area (Å²) >= 11 is 0. The van der Waals surface area contributed by atoms with Crippen LogP contribution >= 0.6 is 0 Å². The largest absolute Gasteiger partial charge is 0.573 e. The van der Waals surface area contributed by atoms with Crippen molar-refractivity contribution in [1.29, 1.82) is 0 Å². The zero-order valence-corrected chi connectivity index (χ0v) is 21.8. The lowest BCUT2D eigenvalue weighted by Gasteiger charge is -2.13. The van der Waals surface area contributed by atoms with Crippen molar-refractivity contribution in [2.45, 2.75) is 25.1 Å². The highest BCUT2D eigenvalue weighted by atomic mass is 32.2. The number of ether oxygens (including phenoxy) is 1. The Bertz CT molecular complexity index is 1770. The molecule has 2 heterocycles. The average Bonchev–Trinajstić information content (AvgIpc) is 3.48. The van der Waals surface area contributed by atoms with Crippen molar-refractivity contribution in [2.24, 2.45) is 0 Å². The smallest absolute Gasteiger partial charge is 0.440 e. The van der Waals surface area contributed by atoms with Gasteiger partial charge in [0.2, 0.25) is 0 Å². The van der Waals surface area contributed by atoms with E-state index in [9.17, 15) is 21.6 Å². The molecule has 5 rings (SSSR count). The molecule has 2 aromatic heterocycles. The second kappa shape index (κ2) is 9.73. The van der Waals surface area contributed by atoms with Gasteiger partial charge in [0.15, 0.2) is 21.5 Å². The van der Waals surface area contributed by atoms with Gasteiger partial charge in [0.1, 0.15) is 11.4 Å². The van der Waals surface area contributed by atoms with Crippen LogP contribution in [0.3, 0.4) is 0 Å². The Kier molecular flexibility index (Phi) is 6.55. The third kappa shape index (κ3) is 5.73. The van der Waals surface area contributed by atoms with Crippen LogP contribution in [0.2, 0.25) is 0 Å². The Morgan fingerprint density at radius 2 is 1.59 bits per heavy atom. The summed E-state index contributed by atoms with van der Waals surface area (Å²) in [6, 6.07) is 19.3. The molecule has 0 fully saturated rings. The molecule has 7 nitrogen and oxygen atoms in total. The van der Waals surface area contributed by atoms with Gasteiger partial charge in [-0.25, -0.2) is 18.1 Å². The molecule has 0 radical (unpaired) electrons. The molecule has 5 aromatic rings. The molecule has 0 aliphatic carbocycles. The molecular formula is C28H22F3N3O4S. The van der Waals surface area contributed by atoms with Crippen LogP contribution in [0.4, 0.5) is 13.2 Å². The van der Waals surface area contributed by atoms with Gasteiger partial charge in [-0.3, -0.25) is 0 Å². The van der Waals surface area contributed by atoms with Gasteiger partial charge in [0.25, 0.3) is 0 Å². The van der Waals surface area contributed by atoms with Gasteiger partial charge in [-0.15, -0.1) is 13.2 Å². The van der Waals surface area contributed by atoms with Crippen LogP contribution in [0.5, 0.6) is 5.75 Å². The first-order chi connectivity index (χ1) is 18.4. The summed E-state index contributed by atoms with van der Waals surface area (Å²) in [5.41, 5.74) is 4.39. The van der Waals surface area contributed by atoms with E-state index in [0.29, 0.717) is 39.7 Å². The molecule has 0 saturated carbocycles. The summed E-state index contributed by atoms with van der Waals surface area (Å²) in [6.45, 7) is 3.53. The topological polar surface area (TPSA) is 87.2 Å². The van der Waals surface area contributed by atoms with E-state index in [1.54, 1.807) is 36.0 Å². The first kappa shape index (κ1) is 26.2. The molecule has 39 heavy (non-hydrogen) atoms. The fourth-order valence-corrected chi connectivity index (χ4v) is 4.84. The van der Waals surface area contributed by atoms with Gasteiger partial charge < -0.3 is 9.15 Å². The molecular weight excluding hydrogens is 531 g/mol. The molecule has 0 amide bonds. The summed E-state index contributed by atoms with van der Waals surface area (Å²) in [7, 11) is -3.42. The molecule has 0 atom stereocenters. The normalized spacial score (nSPS) is 12.1. The number of aromatic nitrogens is 3. The fourth-order valence-electron chi connectivity index (χ4n) is 4.17. The molecule has 0 saturated heterocycles. The summed E-state index contributed by atoms with van der Waals surface area (Å²) in [5.74, 6) is 0.373. The number of halogens is 3. The lowest BCUT2D eigenvalue weighted by Crippen LogP contribution is -2.16. The summed E-state index contributed by atoms with van der Waals surface area (Å²) < 4.78 is 73.9. The van der Waals surface area contributed by atoms with E-state index < -0.39 is 16.2 Å². The Balaban J connectivity index is 1.67. The van der Waals surface area contributed by atoms with E-state index in [-0.39, 0.29) is 10.6 Å². The maximum Gasteiger partial charge on any atom is 0.573 e. The number of rotatable bonds is 6. The van der Waals surface area contributed by atoms with Crippen molar-refractivity contribution in [3.05, 3.63) is 90.6 Å². The minimum Gasteiger partial charge on any atom is -0.440 e. The van der Waals surface area contributed by atoms with Gasteiger partial charge in [-0.05, 0) is 72.6 Å². The fraction of sp³-hybridized carbons (Fsp3) is 0.143. The maximum atomic E-state index is 12.6. The quantitative estimate of drug-likeness (QED) is 0.230. The van der Waals surface area contributed by atoms with Crippen LogP contribution in [0, 0.1) is 13.8 Å². The van der Waals surface area contributed by atoms with Crippen LogP contribution in [0.15, 0.2) is 88.3 Å². The number of hydrogen-bond donors (Lipinski definition) is 0. The maximum absolute atomic E-state index is 12.6. The lowest BCUT2D eigenvalue weighted by atomic mass is 9.98. The van der Waals surface area contributed by atoms with Crippen molar-refractivity contribution < 1.29 is 30.7 Å². The van der Waals surface area contributed by atoms with E-state index in [0.717, 1.165) is 17.5 Å². The number of sulfone groups is 1. The Hall–Kier alpha value is -4.38. The van der Waals surface area contributed by atoms with Crippen molar-refractivity contribution in [3.8, 4) is 45.1 Å². The van der Waals surface area contributed by atoms with Gasteiger partial charge in [0.05, 0.1) is 16.3 Å². The number of alkyl halides is 3. The third-order valence-corrected chi connectivity index (χ3v) is 7.01. The van der Waals surface area contributed by atoms with Crippen molar-refractivity contribution in [2.75, 3.05) is 6.26 Å². The zero-order chi connectivity index (χ0) is 27.9. The van der Waals surface area contributed by atoms with Crippen molar-refractivity contribution in [3.63, 3.8) is 0 Å². The van der Waals surface area contributed by atoms with Crippen LogP contribution < -0.4 is 4.74 Å². The zero-order valence-electron chi connectivity index (χ0n) is 21.0. The number of nitrogens with zero attached hydrogens (tertiary/aromatic N) is 3. The molecule has 0 unspecified atom stereocenters. The number of benzene rings is 3. The van der Waals surface area contributed by atoms with Gasteiger partial charge in [0, 0.05) is 30.5 Å². The minimum absolute atomic E-state index is 0.186. The average molecular weight is 554 g/mol. The minimum atomic E-state index is -4.80. The molecule has 11 heteroatoms. The standard InChI is InChI=1S/C28H22F3N3O4S/c1-17-13-14-34(33-17)25-12-9-21(20-5-4-6-23(15-20)39(3,35)36)16-24(25)27-26(32-18(2)37-27)19-7-10-22(11-8-19)38-28(29,30)31/h4-16H,1-3H3. The molecule has 3 aromatic carbocycles. The number of aryl methyl sites for hydroxylation is 2. The van der Waals surface area contributed by atoms with Crippen LogP contribution in [-0.4, -0.2) is 35.8 Å². The highest BCUT2D eigenvalue weighted by Crippen LogP contribution is 2.39. The molecule has 0 N–H and O–H groups in total. The van der Waals surface area contributed by atoms with Crippen molar-refractivity contribution in [1.82, 2.24) is 14.8 Å². The van der Waals surface area contributed by atoms with Crippen LogP contribution in [-0.2, 0) is 9.84 Å². The second-order valence-corrected chi connectivity index (χ2v) is 10.9. The van der Waals surface area contributed by atoms with E-state index in [2.05, 4.69) is 14.8 Å². The Morgan fingerprint density at radius 1 is 0.897 bits per heavy atom. The van der Waals surface area contributed by atoms with E-state index in [1.165, 1.54) is 30.3 Å². The van der Waals surface area contributed by atoms with E-state index >= 15 is 0 Å². The molecule has 0 spiro atoms. The number of hydrogen-bond acceptors (Lipinski definition) is 6.